The van der Waals surface area contributed by atoms with E-state index < -0.39 is 10.0 Å². The fourth-order valence-corrected chi connectivity index (χ4v) is 5.54. The smallest absolute Gasteiger partial charge is 0.263 e. The van der Waals surface area contributed by atoms with Crippen LogP contribution in [-0.4, -0.2) is 39.3 Å². The summed E-state index contributed by atoms with van der Waals surface area (Å²) < 4.78 is 38.4. The molecule has 8 nitrogen and oxygen atoms in total. The minimum Gasteiger partial charge on any atom is -0.493 e. The number of amides is 1. The Morgan fingerprint density at radius 1 is 1.03 bits per heavy atom. The van der Waals surface area contributed by atoms with Crippen LogP contribution in [0.5, 0.6) is 11.5 Å². The zero-order valence-electron chi connectivity index (χ0n) is 17.4. The highest BCUT2D eigenvalue weighted by Gasteiger charge is 2.34. The number of carbonyl (C=O) groups excluding carboxylic acids is 1. The van der Waals surface area contributed by atoms with Crippen molar-refractivity contribution in [3.8, 4) is 11.5 Å². The van der Waals surface area contributed by atoms with Crippen molar-refractivity contribution in [1.29, 1.82) is 0 Å². The molecule has 3 aromatic rings. The van der Waals surface area contributed by atoms with Crippen LogP contribution in [0.2, 0.25) is 0 Å². The number of nitrogens with zero attached hydrogens (tertiary/aromatic N) is 2. The van der Waals surface area contributed by atoms with Crippen LogP contribution in [0.4, 0.5) is 11.5 Å². The normalized spacial score (nSPS) is 16.1. The number of ether oxygens (including phenoxy) is 2. The van der Waals surface area contributed by atoms with Gasteiger partial charge in [0.1, 0.15) is 11.2 Å². The first kappa shape index (κ1) is 22.0. The Balaban J connectivity index is 1.60. The summed E-state index contributed by atoms with van der Waals surface area (Å²) >= 11 is 1.49. The zero-order chi connectivity index (χ0) is 22.7. The highest BCUT2D eigenvalue weighted by atomic mass is 32.2. The summed E-state index contributed by atoms with van der Waals surface area (Å²) in [5, 5.41) is -0.267. The average molecular weight is 472 g/mol. The van der Waals surface area contributed by atoms with Crippen LogP contribution in [0.1, 0.15) is 10.9 Å². The van der Waals surface area contributed by atoms with Crippen LogP contribution in [-0.2, 0) is 14.8 Å². The number of sulfonamides is 1. The predicted octanol–water partition coefficient (Wildman–Crippen LogP) is 3.68. The summed E-state index contributed by atoms with van der Waals surface area (Å²) in [7, 11) is -0.676. The second kappa shape index (κ2) is 9.09. The van der Waals surface area contributed by atoms with Gasteiger partial charge >= 0.3 is 0 Å². The van der Waals surface area contributed by atoms with Gasteiger partial charge in [-0.3, -0.25) is 14.4 Å². The molecule has 1 unspecified atom stereocenters. The number of benzene rings is 2. The monoisotopic (exact) mass is 471 g/mol. The fraction of sp³-hybridized carbons (Fsp3) is 0.182. The number of anilines is 2. The first-order valence-electron chi connectivity index (χ1n) is 9.62. The summed E-state index contributed by atoms with van der Waals surface area (Å²) in [6.07, 6.45) is 1.51. The van der Waals surface area contributed by atoms with Gasteiger partial charge in [-0.1, -0.05) is 12.1 Å². The van der Waals surface area contributed by atoms with Gasteiger partial charge in [0.2, 0.25) is 5.91 Å². The number of hydrogen-bond acceptors (Lipinski definition) is 7. The molecule has 1 fully saturated rings. The maximum Gasteiger partial charge on any atom is 0.263 e. The Morgan fingerprint density at radius 2 is 1.78 bits per heavy atom. The third-order valence-corrected chi connectivity index (χ3v) is 7.47. The topological polar surface area (TPSA) is 97.8 Å². The van der Waals surface area contributed by atoms with E-state index in [1.165, 1.54) is 30.1 Å². The maximum absolute atomic E-state index is 12.7. The molecule has 10 heteroatoms. The molecule has 32 heavy (non-hydrogen) atoms. The number of pyridine rings is 1. The predicted molar refractivity (Wildman–Crippen MR) is 124 cm³/mol. The molecule has 2 heterocycles. The number of methoxy groups -OCH3 is 2. The molecule has 0 spiro atoms. The fourth-order valence-electron chi connectivity index (χ4n) is 3.36. The van der Waals surface area contributed by atoms with Gasteiger partial charge in [-0.15, -0.1) is 11.8 Å². The van der Waals surface area contributed by atoms with E-state index in [1.807, 2.05) is 12.1 Å². The largest absolute Gasteiger partial charge is 0.493 e. The van der Waals surface area contributed by atoms with Crippen molar-refractivity contribution < 1.29 is 22.7 Å². The Kier molecular flexibility index (Phi) is 6.24. The summed E-state index contributed by atoms with van der Waals surface area (Å²) in [6, 6.07) is 16.7. The lowest BCUT2D eigenvalue weighted by Crippen LogP contribution is -2.27. The van der Waals surface area contributed by atoms with Crippen LogP contribution >= 0.6 is 11.8 Å². The van der Waals surface area contributed by atoms with Gasteiger partial charge in [-0.2, -0.15) is 0 Å². The van der Waals surface area contributed by atoms with Crippen LogP contribution in [0.15, 0.2) is 71.8 Å². The van der Waals surface area contributed by atoms with Gasteiger partial charge in [0.15, 0.2) is 11.5 Å². The second-order valence-corrected chi connectivity index (χ2v) is 9.61. The van der Waals surface area contributed by atoms with Gasteiger partial charge in [0.05, 0.1) is 24.9 Å². The molecule has 0 saturated carbocycles. The number of hydrogen-bond donors (Lipinski definition) is 1. The Labute approximate surface area is 190 Å². The first-order chi connectivity index (χ1) is 15.4. The number of aromatic nitrogens is 1. The molecule has 1 aliphatic rings. The second-order valence-electron chi connectivity index (χ2n) is 6.86. The van der Waals surface area contributed by atoms with E-state index in [1.54, 1.807) is 55.5 Å². The summed E-state index contributed by atoms with van der Waals surface area (Å²) in [5.41, 5.74) is 1.49. The molecule has 1 atom stereocenters. The molecule has 0 radical (unpaired) electrons. The van der Waals surface area contributed by atoms with Gasteiger partial charge in [0.25, 0.3) is 10.0 Å². The number of rotatable bonds is 7. The van der Waals surface area contributed by atoms with Crippen molar-refractivity contribution in [1.82, 2.24) is 4.98 Å². The highest BCUT2D eigenvalue weighted by molar-refractivity contribution is 8.00. The van der Waals surface area contributed by atoms with Crippen molar-refractivity contribution in [2.24, 2.45) is 0 Å². The number of nitrogens with one attached hydrogen (secondary N) is 1. The van der Waals surface area contributed by atoms with Crippen molar-refractivity contribution in [3.05, 3.63) is 72.4 Å². The Bertz CT molecular complexity index is 1220. The molecule has 1 aliphatic heterocycles. The zero-order valence-corrected chi connectivity index (χ0v) is 19.0. The van der Waals surface area contributed by atoms with E-state index in [4.69, 9.17) is 9.47 Å². The quantitative estimate of drug-likeness (QED) is 0.561. The van der Waals surface area contributed by atoms with Gasteiger partial charge in [-0.05, 0) is 54.1 Å². The standard InChI is InChI=1S/C22H21N3O5S2/c1-29-18-11-6-15(13-19(18)30-2)22-25(21(26)14-31-22)16-7-9-17(10-8-16)32(27,28)24-20-5-3-4-12-23-20/h3-13,22H,14H2,1-2H3,(H,23,24). The van der Waals surface area contributed by atoms with Crippen LogP contribution in [0, 0.1) is 0 Å². The Morgan fingerprint density at radius 3 is 2.44 bits per heavy atom. The molecule has 4 rings (SSSR count). The average Bonchev–Trinajstić information content (AvgIpc) is 3.20. The molecule has 0 bridgehead atoms. The maximum atomic E-state index is 12.7. The summed E-state index contributed by atoms with van der Waals surface area (Å²) in [6.45, 7) is 0. The van der Waals surface area contributed by atoms with E-state index in [0.29, 0.717) is 22.9 Å². The van der Waals surface area contributed by atoms with Crippen molar-refractivity contribution in [3.63, 3.8) is 0 Å². The van der Waals surface area contributed by atoms with Crippen molar-refractivity contribution >= 4 is 39.2 Å². The molecule has 166 valence electrons. The lowest BCUT2D eigenvalue weighted by molar-refractivity contribution is -0.115. The van der Waals surface area contributed by atoms with Crippen molar-refractivity contribution in [2.75, 3.05) is 29.6 Å². The third-order valence-electron chi connectivity index (χ3n) is 4.89. The van der Waals surface area contributed by atoms with E-state index in [0.717, 1.165) is 5.56 Å². The molecule has 0 aliphatic carbocycles. The van der Waals surface area contributed by atoms with E-state index in [9.17, 15) is 13.2 Å². The van der Waals surface area contributed by atoms with Gasteiger partial charge in [0, 0.05) is 11.9 Å². The first-order valence-corrected chi connectivity index (χ1v) is 12.2. The molecule has 1 amide bonds. The molecule has 1 saturated heterocycles. The number of thioether (sulfide) groups is 1. The van der Waals surface area contributed by atoms with Crippen LogP contribution in [0.3, 0.4) is 0 Å². The number of carbonyl (C=O) groups is 1. The van der Waals surface area contributed by atoms with E-state index >= 15 is 0 Å². The van der Waals surface area contributed by atoms with E-state index in [2.05, 4.69) is 9.71 Å². The van der Waals surface area contributed by atoms with E-state index in [-0.39, 0.29) is 22.0 Å². The third kappa shape index (κ3) is 4.37. The summed E-state index contributed by atoms with van der Waals surface area (Å²) in [5.74, 6) is 1.67. The SMILES string of the molecule is COc1ccc(C2SCC(=O)N2c2ccc(S(=O)(=O)Nc3ccccn3)cc2)cc1OC. The molecular formula is C22H21N3O5S2. The lowest BCUT2D eigenvalue weighted by atomic mass is 10.1. The van der Waals surface area contributed by atoms with Crippen molar-refractivity contribution in [2.45, 2.75) is 10.3 Å². The van der Waals surface area contributed by atoms with Gasteiger partial charge < -0.3 is 9.47 Å². The van der Waals surface area contributed by atoms with Crippen LogP contribution in [0.25, 0.3) is 0 Å². The minimum atomic E-state index is -3.80. The highest BCUT2D eigenvalue weighted by Crippen LogP contribution is 2.44. The summed E-state index contributed by atoms with van der Waals surface area (Å²) in [4.78, 5) is 18.4. The lowest BCUT2D eigenvalue weighted by Gasteiger charge is -2.25. The minimum absolute atomic E-state index is 0.0583. The molecule has 2 aromatic carbocycles. The van der Waals surface area contributed by atoms with Crippen LogP contribution < -0.4 is 19.1 Å². The molecular weight excluding hydrogens is 450 g/mol. The Hall–Kier alpha value is -3.24. The van der Waals surface area contributed by atoms with Gasteiger partial charge in [-0.25, -0.2) is 13.4 Å². The molecule has 1 N–H and O–H groups in total. The molecule has 1 aromatic heterocycles.